The van der Waals surface area contributed by atoms with Gasteiger partial charge in [0.2, 0.25) is 0 Å². The highest BCUT2D eigenvalue weighted by Crippen LogP contribution is 2.30. The van der Waals surface area contributed by atoms with Crippen LogP contribution in [0.3, 0.4) is 0 Å². The maximum Gasteiger partial charge on any atom is 0.434 e. The van der Waals surface area contributed by atoms with Gasteiger partial charge in [-0.1, -0.05) is 18.2 Å². The molecule has 0 aliphatic heterocycles. The lowest BCUT2D eigenvalue weighted by Gasteiger charge is -2.11. The highest BCUT2D eigenvalue weighted by Gasteiger charge is 2.33. The number of guanidine groups is 1. The van der Waals surface area contributed by atoms with Gasteiger partial charge in [-0.2, -0.15) is 13.2 Å². The number of nitrogens with one attached hydrogen (secondary N) is 3. The van der Waals surface area contributed by atoms with Crippen molar-refractivity contribution in [3.63, 3.8) is 0 Å². The first-order valence-electron chi connectivity index (χ1n) is 8.91. The fourth-order valence-corrected chi connectivity index (χ4v) is 3.83. The first kappa shape index (κ1) is 23.5. The highest BCUT2D eigenvalue weighted by atomic mass is 127. The molecule has 0 bridgehead atoms. The molecular formula is C19H23F3IN5S. The Morgan fingerprint density at radius 1 is 1.17 bits per heavy atom. The van der Waals surface area contributed by atoms with Crippen LogP contribution in [0, 0.1) is 6.92 Å². The Hall–Kier alpha value is -1.82. The van der Waals surface area contributed by atoms with Crippen LogP contribution in [0.15, 0.2) is 34.6 Å². The van der Waals surface area contributed by atoms with Gasteiger partial charge >= 0.3 is 6.18 Å². The Morgan fingerprint density at radius 3 is 2.52 bits per heavy atom. The second kappa shape index (κ2) is 10.3. The highest BCUT2D eigenvalue weighted by molar-refractivity contribution is 14.0. The minimum atomic E-state index is -4.39. The Morgan fingerprint density at radius 2 is 1.86 bits per heavy atom. The molecule has 10 heteroatoms. The van der Waals surface area contributed by atoms with Gasteiger partial charge in [0.05, 0.1) is 5.01 Å². The summed E-state index contributed by atoms with van der Waals surface area (Å²) in [6, 6.07) is 8.19. The van der Waals surface area contributed by atoms with Gasteiger partial charge < -0.3 is 15.6 Å². The maximum atomic E-state index is 12.6. The molecule has 0 saturated carbocycles. The zero-order valence-electron chi connectivity index (χ0n) is 16.1. The number of halogens is 4. The van der Waals surface area contributed by atoms with Crippen molar-refractivity contribution in [2.24, 2.45) is 4.99 Å². The molecule has 1 aromatic carbocycles. The van der Waals surface area contributed by atoms with Gasteiger partial charge in [0, 0.05) is 48.5 Å². The number of hydrogen-bond donors (Lipinski definition) is 3. The number of para-hydroxylation sites is 1. The lowest BCUT2D eigenvalue weighted by Crippen LogP contribution is -2.39. The van der Waals surface area contributed by atoms with Crippen molar-refractivity contribution >= 4 is 52.2 Å². The van der Waals surface area contributed by atoms with E-state index in [-0.39, 0.29) is 24.0 Å². The van der Waals surface area contributed by atoms with Crippen molar-refractivity contribution in [1.82, 2.24) is 20.6 Å². The van der Waals surface area contributed by atoms with Crippen LogP contribution in [0.5, 0.6) is 0 Å². The minimum absolute atomic E-state index is 0. The average Bonchev–Trinajstić information content (AvgIpc) is 3.25. The number of aliphatic imine (C=N–C) groups is 1. The molecule has 2 heterocycles. The molecule has 0 fully saturated rings. The van der Waals surface area contributed by atoms with Crippen LogP contribution < -0.4 is 10.6 Å². The van der Waals surface area contributed by atoms with E-state index >= 15 is 0 Å². The number of H-pyrrole nitrogens is 1. The van der Waals surface area contributed by atoms with E-state index in [1.807, 2.05) is 12.1 Å². The lowest BCUT2D eigenvalue weighted by atomic mass is 10.1. The number of hydrogen-bond acceptors (Lipinski definition) is 3. The van der Waals surface area contributed by atoms with Gasteiger partial charge in [-0.05, 0) is 25.0 Å². The summed E-state index contributed by atoms with van der Waals surface area (Å²) < 4.78 is 37.8. The fraction of sp³-hybridized carbons (Fsp3) is 0.368. The molecule has 2 aromatic heterocycles. The summed E-state index contributed by atoms with van der Waals surface area (Å²) >= 11 is 1.02. The number of nitrogens with zero attached hydrogens (tertiary/aromatic N) is 2. The summed E-state index contributed by atoms with van der Waals surface area (Å²) in [6.07, 6.45) is -3.15. The first-order valence-corrected chi connectivity index (χ1v) is 9.78. The molecule has 0 aliphatic rings. The van der Waals surface area contributed by atoms with Crippen LogP contribution in [0.2, 0.25) is 0 Å². The number of fused-ring (bicyclic) bond motifs is 1. The van der Waals surface area contributed by atoms with Crippen molar-refractivity contribution in [1.29, 1.82) is 0 Å². The molecule has 0 spiro atoms. The average molecular weight is 537 g/mol. The largest absolute Gasteiger partial charge is 0.434 e. The van der Waals surface area contributed by atoms with Crippen LogP contribution in [-0.4, -0.2) is 36.1 Å². The summed E-state index contributed by atoms with van der Waals surface area (Å²) in [4.78, 5) is 11.2. The van der Waals surface area contributed by atoms with Crippen molar-refractivity contribution in [3.05, 3.63) is 51.6 Å². The van der Waals surface area contributed by atoms with Crippen LogP contribution in [0.25, 0.3) is 10.9 Å². The van der Waals surface area contributed by atoms with Gasteiger partial charge in [-0.3, -0.25) is 4.99 Å². The Kier molecular flexibility index (Phi) is 8.32. The SMILES string of the molecule is CN=C(NCCc1nc(C(F)(F)F)cs1)NCCc1c(C)[nH]c2ccccc12.I. The fourth-order valence-electron chi connectivity index (χ4n) is 3.03. The molecule has 0 saturated heterocycles. The van der Waals surface area contributed by atoms with E-state index in [1.165, 1.54) is 10.9 Å². The Labute approximate surface area is 188 Å². The van der Waals surface area contributed by atoms with E-state index < -0.39 is 11.9 Å². The van der Waals surface area contributed by atoms with Gasteiger partial charge in [-0.25, -0.2) is 4.98 Å². The molecule has 158 valence electrons. The molecule has 29 heavy (non-hydrogen) atoms. The van der Waals surface area contributed by atoms with Crippen LogP contribution >= 0.6 is 35.3 Å². The van der Waals surface area contributed by atoms with E-state index in [4.69, 9.17) is 0 Å². The number of aromatic amines is 1. The van der Waals surface area contributed by atoms with Crippen molar-refractivity contribution in [3.8, 4) is 0 Å². The standard InChI is InChI=1S/C19H22F3N5S.HI/c1-12-13(14-5-3-4-6-15(14)26-12)7-9-24-18(23-2)25-10-8-17-27-16(11-28-17)19(20,21)22;/h3-6,11,26H,7-10H2,1-2H3,(H2,23,24,25);1H. The summed E-state index contributed by atoms with van der Waals surface area (Å²) in [5.74, 6) is 0.616. The molecule has 0 radical (unpaired) electrons. The Bertz CT molecular complexity index is 964. The molecule has 3 N–H and O–H groups in total. The topological polar surface area (TPSA) is 65.1 Å². The van der Waals surface area contributed by atoms with E-state index in [2.05, 4.69) is 44.7 Å². The summed E-state index contributed by atoms with van der Waals surface area (Å²) in [5, 5.41) is 9.07. The molecule has 0 aliphatic carbocycles. The van der Waals surface area contributed by atoms with Crippen molar-refractivity contribution < 1.29 is 13.2 Å². The zero-order valence-corrected chi connectivity index (χ0v) is 19.2. The third-order valence-electron chi connectivity index (χ3n) is 4.39. The second-order valence-corrected chi connectivity index (χ2v) is 7.27. The minimum Gasteiger partial charge on any atom is -0.358 e. The summed E-state index contributed by atoms with van der Waals surface area (Å²) in [5.41, 5.74) is 2.71. The predicted molar refractivity (Wildman–Crippen MR) is 122 cm³/mol. The number of aryl methyl sites for hydroxylation is 1. The van der Waals surface area contributed by atoms with Crippen molar-refractivity contribution in [2.45, 2.75) is 25.9 Å². The molecule has 0 amide bonds. The van der Waals surface area contributed by atoms with E-state index in [9.17, 15) is 13.2 Å². The zero-order chi connectivity index (χ0) is 20.1. The summed E-state index contributed by atoms with van der Waals surface area (Å²) in [6.45, 7) is 3.21. The quantitative estimate of drug-likeness (QED) is 0.246. The van der Waals surface area contributed by atoms with E-state index in [0.29, 0.717) is 30.5 Å². The molecule has 0 atom stereocenters. The molecular weight excluding hydrogens is 514 g/mol. The van der Waals surface area contributed by atoms with Gasteiger partial charge in [0.1, 0.15) is 0 Å². The third-order valence-corrected chi connectivity index (χ3v) is 5.30. The first-order chi connectivity index (χ1) is 13.4. The van der Waals surface area contributed by atoms with Crippen LogP contribution in [0.1, 0.15) is 22.0 Å². The normalized spacial score (nSPS) is 12.1. The molecule has 3 aromatic rings. The number of alkyl halides is 3. The monoisotopic (exact) mass is 537 g/mol. The van der Waals surface area contributed by atoms with Gasteiger partial charge in [0.25, 0.3) is 0 Å². The predicted octanol–water partition coefficient (Wildman–Crippen LogP) is 4.52. The van der Waals surface area contributed by atoms with Gasteiger partial charge in [0.15, 0.2) is 11.7 Å². The van der Waals surface area contributed by atoms with E-state index in [0.717, 1.165) is 34.3 Å². The molecule has 5 nitrogen and oxygen atoms in total. The number of benzene rings is 1. The summed E-state index contributed by atoms with van der Waals surface area (Å²) in [7, 11) is 1.66. The Balaban J connectivity index is 0.00000300. The van der Waals surface area contributed by atoms with E-state index in [1.54, 1.807) is 7.05 Å². The third kappa shape index (κ3) is 6.08. The molecule has 0 unspecified atom stereocenters. The van der Waals surface area contributed by atoms with Crippen LogP contribution in [0.4, 0.5) is 13.2 Å². The smallest absolute Gasteiger partial charge is 0.358 e. The number of aromatic nitrogens is 2. The number of rotatable bonds is 6. The number of thiazole rings is 1. The van der Waals surface area contributed by atoms with Crippen molar-refractivity contribution in [2.75, 3.05) is 20.1 Å². The lowest BCUT2D eigenvalue weighted by molar-refractivity contribution is -0.140. The van der Waals surface area contributed by atoms with Crippen LogP contribution in [-0.2, 0) is 19.0 Å². The maximum absolute atomic E-state index is 12.6. The second-order valence-electron chi connectivity index (χ2n) is 6.32. The van der Waals surface area contributed by atoms with Gasteiger partial charge in [-0.15, -0.1) is 35.3 Å². The molecule has 3 rings (SSSR count).